The fourth-order valence-electron chi connectivity index (χ4n) is 3.42. The fraction of sp³-hybridized carbons (Fsp3) is 0.407. The number of hydrogen-bond acceptors (Lipinski definition) is 5. The maximum atomic E-state index is 13.6. The third-order valence-electron chi connectivity index (χ3n) is 5.32. The van der Waals surface area contributed by atoms with Crippen molar-refractivity contribution in [1.82, 2.24) is 9.97 Å². The molecule has 0 radical (unpaired) electrons. The van der Waals surface area contributed by atoms with Crippen LogP contribution >= 0.6 is 0 Å². The van der Waals surface area contributed by atoms with Gasteiger partial charge in [-0.15, -0.1) is 0 Å². The molecule has 1 heterocycles. The topological polar surface area (TPSA) is 59.1 Å². The summed E-state index contributed by atoms with van der Waals surface area (Å²) in [5.74, 6) is 0.779. The van der Waals surface area contributed by atoms with Crippen LogP contribution in [0.25, 0.3) is 0 Å². The molecular weight excluding hydrogens is 453 g/mol. The molecule has 0 saturated carbocycles. The number of halogens is 3. The molecule has 188 valence electrons. The molecular formula is C27H33F3N4O. The zero-order valence-corrected chi connectivity index (χ0v) is 20.5. The molecule has 2 N–H and O–H groups in total. The summed E-state index contributed by atoms with van der Waals surface area (Å²) in [5.41, 5.74) is 1.46. The van der Waals surface area contributed by atoms with Gasteiger partial charge >= 0.3 is 6.18 Å². The van der Waals surface area contributed by atoms with Gasteiger partial charge in [0, 0.05) is 17.6 Å². The molecule has 0 fully saturated rings. The average Bonchev–Trinajstić information content (AvgIpc) is 2.82. The minimum atomic E-state index is -4.60. The number of aromatic nitrogens is 2. The van der Waals surface area contributed by atoms with Crippen LogP contribution in [0.1, 0.15) is 57.6 Å². The smallest absolute Gasteiger partial charge is 0.421 e. The van der Waals surface area contributed by atoms with Crippen molar-refractivity contribution in [3.8, 4) is 5.75 Å². The summed E-state index contributed by atoms with van der Waals surface area (Å²) in [6.45, 7) is 6.83. The molecule has 1 aromatic heterocycles. The number of nitrogens with one attached hydrogen (secondary N) is 2. The summed E-state index contributed by atoms with van der Waals surface area (Å²) < 4.78 is 46.4. The van der Waals surface area contributed by atoms with E-state index in [1.807, 2.05) is 38.1 Å². The molecule has 3 aromatic rings. The number of anilines is 4. The molecule has 0 aliphatic rings. The van der Waals surface area contributed by atoms with Gasteiger partial charge in [-0.1, -0.05) is 52.2 Å². The van der Waals surface area contributed by atoms with Crippen molar-refractivity contribution in [2.45, 2.75) is 59.1 Å². The summed E-state index contributed by atoms with van der Waals surface area (Å²) in [6, 6.07) is 14.5. The van der Waals surface area contributed by atoms with Crippen molar-refractivity contribution in [1.29, 1.82) is 0 Å². The lowest BCUT2D eigenvalue weighted by atomic mass is 10.1. The van der Waals surface area contributed by atoms with Gasteiger partial charge in [-0.3, -0.25) is 0 Å². The van der Waals surface area contributed by atoms with Crippen LogP contribution < -0.4 is 15.4 Å². The lowest BCUT2D eigenvalue weighted by Crippen LogP contribution is -2.12. The van der Waals surface area contributed by atoms with E-state index in [0.29, 0.717) is 29.6 Å². The maximum absolute atomic E-state index is 13.6. The zero-order chi connectivity index (χ0) is 25.3. The number of alkyl halides is 3. The SMILES string of the molecule is CCCCCCc1ccc(Nc2ncc(C(F)(F)F)c(Nc3ccc(OCC(C)C)cc3)n2)cc1. The minimum absolute atomic E-state index is 0.0769. The molecule has 0 atom stereocenters. The Morgan fingerprint density at radius 1 is 0.886 bits per heavy atom. The second kappa shape index (κ2) is 12.4. The Labute approximate surface area is 205 Å². The lowest BCUT2D eigenvalue weighted by Gasteiger charge is -2.15. The van der Waals surface area contributed by atoms with Crippen LogP contribution in [0.2, 0.25) is 0 Å². The van der Waals surface area contributed by atoms with Crippen molar-refractivity contribution in [3.05, 3.63) is 65.9 Å². The van der Waals surface area contributed by atoms with Crippen molar-refractivity contribution in [3.63, 3.8) is 0 Å². The number of nitrogens with zero attached hydrogens (tertiary/aromatic N) is 2. The lowest BCUT2D eigenvalue weighted by molar-refractivity contribution is -0.137. The Bertz CT molecular complexity index is 1050. The third kappa shape index (κ3) is 8.46. The fourth-order valence-corrected chi connectivity index (χ4v) is 3.42. The molecule has 0 amide bonds. The predicted molar refractivity (Wildman–Crippen MR) is 135 cm³/mol. The minimum Gasteiger partial charge on any atom is -0.493 e. The average molecular weight is 487 g/mol. The van der Waals surface area contributed by atoms with Gasteiger partial charge in [-0.05, 0) is 60.7 Å². The van der Waals surface area contributed by atoms with E-state index in [1.165, 1.54) is 24.8 Å². The van der Waals surface area contributed by atoms with Gasteiger partial charge in [0.1, 0.15) is 17.1 Å². The highest BCUT2D eigenvalue weighted by Crippen LogP contribution is 2.35. The number of benzene rings is 2. The third-order valence-corrected chi connectivity index (χ3v) is 5.32. The summed E-state index contributed by atoms with van der Waals surface area (Å²) in [4.78, 5) is 8.01. The highest BCUT2D eigenvalue weighted by Gasteiger charge is 2.35. The number of ether oxygens (including phenoxy) is 1. The Balaban J connectivity index is 1.72. The molecule has 3 rings (SSSR count). The summed E-state index contributed by atoms with van der Waals surface area (Å²) in [7, 11) is 0. The normalized spacial score (nSPS) is 11.5. The molecule has 8 heteroatoms. The van der Waals surface area contributed by atoms with Crippen LogP contribution in [0, 0.1) is 5.92 Å². The molecule has 5 nitrogen and oxygen atoms in total. The first-order valence-electron chi connectivity index (χ1n) is 12.0. The Kier molecular flexibility index (Phi) is 9.34. The zero-order valence-electron chi connectivity index (χ0n) is 20.5. The monoisotopic (exact) mass is 486 g/mol. The number of unbranched alkanes of at least 4 members (excludes halogenated alkanes) is 3. The van der Waals surface area contributed by atoms with Crippen molar-refractivity contribution in [2.24, 2.45) is 5.92 Å². The van der Waals surface area contributed by atoms with Crippen LogP contribution in [0.5, 0.6) is 5.75 Å². The quantitative estimate of drug-likeness (QED) is 0.253. The number of hydrogen-bond donors (Lipinski definition) is 2. The summed E-state index contributed by atoms with van der Waals surface area (Å²) in [5, 5.41) is 5.77. The molecule has 2 aromatic carbocycles. The summed E-state index contributed by atoms with van der Waals surface area (Å²) >= 11 is 0. The van der Waals surface area contributed by atoms with Gasteiger partial charge in [0.15, 0.2) is 0 Å². The van der Waals surface area contributed by atoms with Gasteiger partial charge in [0.05, 0.1) is 6.61 Å². The van der Waals surface area contributed by atoms with Crippen molar-refractivity contribution in [2.75, 3.05) is 17.2 Å². The Hall–Kier alpha value is -3.29. The van der Waals surface area contributed by atoms with Gasteiger partial charge in [-0.2, -0.15) is 18.2 Å². The Morgan fingerprint density at radius 3 is 2.17 bits per heavy atom. The van der Waals surface area contributed by atoms with Crippen LogP contribution in [0.4, 0.5) is 36.3 Å². The molecule has 0 bridgehead atoms. The van der Waals surface area contributed by atoms with E-state index in [4.69, 9.17) is 4.74 Å². The van der Waals surface area contributed by atoms with E-state index >= 15 is 0 Å². The second-order valence-corrected chi connectivity index (χ2v) is 8.94. The van der Waals surface area contributed by atoms with E-state index in [0.717, 1.165) is 19.0 Å². The highest BCUT2D eigenvalue weighted by molar-refractivity contribution is 5.63. The van der Waals surface area contributed by atoms with E-state index in [9.17, 15) is 13.2 Å². The number of rotatable bonds is 12. The molecule has 0 spiro atoms. The van der Waals surface area contributed by atoms with Crippen molar-refractivity contribution < 1.29 is 17.9 Å². The molecule has 0 aliphatic heterocycles. The molecule has 0 aliphatic carbocycles. The summed E-state index contributed by atoms with van der Waals surface area (Å²) in [6.07, 6.45) is 1.98. The molecule has 35 heavy (non-hydrogen) atoms. The van der Waals surface area contributed by atoms with E-state index in [2.05, 4.69) is 27.5 Å². The highest BCUT2D eigenvalue weighted by atomic mass is 19.4. The van der Waals surface area contributed by atoms with Gasteiger partial charge < -0.3 is 15.4 Å². The molecule has 0 saturated heterocycles. The van der Waals surface area contributed by atoms with Crippen LogP contribution in [0.15, 0.2) is 54.7 Å². The van der Waals surface area contributed by atoms with Crippen LogP contribution in [0.3, 0.4) is 0 Å². The van der Waals surface area contributed by atoms with Gasteiger partial charge in [-0.25, -0.2) is 4.98 Å². The first-order valence-corrected chi connectivity index (χ1v) is 12.0. The first kappa shape index (κ1) is 26.3. The largest absolute Gasteiger partial charge is 0.493 e. The maximum Gasteiger partial charge on any atom is 0.421 e. The van der Waals surface area contributed by atoms with E-state index < -0.39 is 11.7 Å². The van der Waals surface area contributed by atoms with Gasteiger partial charge in [0.2, 0.25) is 5.95 Å². The van der Waals surface area contributed by atoms with Crippen LogP contribution in [-0.4, -0.2) is 16.6 Å². The van der Waals surface area contributed by atoms with Crippen LogP contribution in [-0.2, 0) is 12.6 Å². The first-order chi connectivity index (χ1) is 16.7. The number of aryl methyl sites for hydroxylation is 1. The standard InChI is InChI=1S/C27H33F3N4O/c1-4-5-6-7-8-20-9-11-22(12-10-20)33-26-31-17-24(27(28,29)30)25(34-26)32-21-13-15-23(16-14-21)35-18-19(2)3/h9-17,19H,4-8,18H2,1-3H3,(H2,31,32,33,34). The van der Waals surface area contributed by atoms with Gasteiger partial charge in [0.25, 0.3) is 0 Å². The van der Waals surface area contributed by atoms with Crippen molar-refractivity contribution >= 4 is 23.1 Å². The Morgan fingerprint density at radius 2 is 1.54 bits per heavy atom. The predicted octanol–water partition coefficient (Wildman–Crippen LogP) is 8.14. The molecule has 0 unspecified atom stereocenters. The second-order valence-electron chi connectivity index (χ2n) is 8.94. The van der Waals surface area contributed by atoms with E-state index in [1.54, 1.807) is 24.3 Å². The van der Waals surface area contributed by atoms with E-state index in [-0.39, 0.29) is 11.8 Å².